The van der Waals surface area contributed by atoms with Crippen LogP contribution in [0.15, 0.2) is 71.6 Å². The second-order valence-corrected chi connectivity index (χ2v) is 9.98. The standard InChI is InChI=1S/C26H28N2O5S/c1-18-9-10-22(16-25(18)34(30,31)27-17-20-7-4-3-5-8-20)26(29)28-19(2)21-11-12-23-24(15-21)33-14-6-13-32-23/h3-5,7-12,15-16,19,27H,6,13-14,17H2,1-2H3,(H,28,29). The van der Waals surface area contributed by atoms with Crippen molar-refractivity contribution in [3.63, 3.8) is 0 Å². The Labute approximate surface area is 200 Å². The third kappa shape index (κ3) is 5.58. The van der Waals surface area contributed by atoms with E-state index in [1.165, 1.54) is 6.07 Å². The van der Waals surface area contributed by atoms with Crippen LogP contribution in [0.4, 0.5) is 0 Å². The zero-order valence-electron chi connectivity index (χ0n) is 19.2. The molecule has 1 unspecified atom stereocenters. The lowest BCUT2D eigenvalue weighted by Crippen LogP contribution is -2.28. The molecule has 1 aliphatic heterocycles. The van der Waals surface area contributed by atoms with Gasteiger partial charge in [0.1, 0.15) is 0 Å². The predicted octanol–water partition coefficient (Wildman–Crippen LogP) is 4.13. The molecule has 0 saturated heterocycles. The van der Waals surface area contributed by atoms with Crippen LogP contribution < -0.4 is 19.5 Å². The highest BCUT2D eigenvalue weighted by Crippen LogP contribution is 2.32. The average molecular weight is 481 g/mol. The zero-order chi connectivity index (χ0) is 24.1. The van der Waals surface area contributed by atoms with Crippen molar-refractivity contribution in [2.24, 2.45) is 0 Å². The molecule has 0 radical (unpaired) electrons. The molecule has 8 heteroatoms. The Balaban J connectivity index is 1.48. The predicted molar refractivity (Wildman–Crippen MR) is 130 cm³/mol. The molecular weight excluding hydrogens is 452 g/mol. The van der Waals surface area contributed by atoms with E-state index in [2.05, 4.69) is 10.0 Å². The summed E-state index contributed by atoms with van der Waals surface area (Å²) in [5.41, 5.74) is 2.55. The van der Waals surface area contributed by atoms with Gasteiger partial charge in [-0.15, -0.1) is 0 Å². The van der Waals surface area contributed by atoms with Gasteiger partial charge in [0.2, 0.25) is 10.0 Å². The number of sulfonamides is 1. The number of hydrogen-bond acceptors (Lipinski definition) is 5. The number of fused-ring (bicyclic) bond motifs is 1. The fraction of sp³-hybridized carbons (Fsp3) is 0.269. The minimum Gasteiger partial charge on any atom is -0.490 e. The van der Waals surface area contributed by atoms with Crippen LogP contribution in [0.3, 0.4) is 0 Å². The third-order valence-corrected chi connectivity index (χ3v) is 7.21. The maximum atomic E-state index is 13.0. The lowest BCUT2D eigenvalue weighted by atomic mass is 10.1. The first-order valence-electron chi connectivity index (χ1n) is 11.2. The number of hydrogen-bond donors (Lipinski definition) is 2. The SMILES string of the molecule is Cc1ccc(C(=O)NC(C)c2ccc3c(c2)OCCCO3)cc1S(=O)(=O)NCc1ccccc1. The minimum absolute atomic E-state index is 0.0827. The average Bonchev–Trinajstić information content (AvgIpc) is 3.08. The van der Waals surface area contributed by atoms with E-state index >= 15 is 0 Å². The van der Waals surface area contributed by atoms with Gasteiger partial charge >= 0.3 is 0 Å². The Kier molecular flexibility index (Phi) is 7.19. The summed E-state index contributed by atoms with van der Waals surface area (Å²) < 4.78 is 39.9. The Morgan fingerprint density at radius 1 is 0.971 bits per heavy atom. The van der Waals surface area contributed by atoms with Crippen LogP contribution in [-0.2, 0) is 16.6 Å². The Morgan fingerprint density at radius 2 is 1.71 bits per heavy atom. The van der Waals surface area contributed by atoms with Crippen molar-refractivity contribution in [3.8, 4) is 11.5 Å². The van der Waals surface area contributed by atoms with Gasteiger partial charge in [-0.25, -0.2) is 13.1 Å². The van der Waals surface area contributed by atoms with E-state index in [1.807, 2.05) is 55.5 Å². The first-order chi connectivity index (χ1) is 16.3. The number of amides is 1. The van der Waals surface area contributed by atoms with Crippen molar-refractivity contribution in [1.82, 2.24) is 10.0 Å². The number of nitrogens with one attached hydrogen (secondary N) is 2. The quantitative estimate of drug-likeness (QED) is 0.531. The molecular formula is C26H28N2O5S. The van der Waals surface area contributed by atoms with E-state index in [0.29, 0.717) is 30.3 Å². The second kappa shape index (κ2) is 10.3. The van der Waals surface area contributed by atoms with Crippen molar-refractivity contribution >= 4 is 15.9 Å². The fourth-order valence-electron chi connectivity index (χ4n) is 3.70. The monoisotopic (exact) mass is 480 g/mol. The molecule has 1 amide bonds. The highest BCUT2D eigenvalue weighted by atomic mass is 32.2. The molecule has 178 valence electrons. The van der Waals surface area contributed by atoms with E-state index in [4.69, 9.17) is 9.47 Å². The molecule has 1 aliphatic rings. The lowest BCUT2D eigenvalue weighted by molar-refractivity contribution is 0.0939. The first kappa shape index (κ1) is 23.8. The summed E-state index contributed by atoms with van der Waals surface area (Å²) in [5, 5.41) is 2.94. The largest absolute Gasteiger partial charge is 0.490 e. The molecule has 1 atom stereocenters. The van der Waals surface area contributed by atoms with Crippen LogP contribution in [-0.4, -0.2) is 27.5 Å². The van der Waals surface area contributed by atoms with Crippen molar-refractivity contribution in [2.75, 3.05) is 13.2 Å². The van der Waals surface area contributed by atoms with Crippen molar-refractivity contribution in [2.45, 2.75) is 37.8 Å². The summed E-state index contributed by atoms with van der Waals surface area (Å²) in [6.45, 7) is 4.93. The van der Waals surface area contributed by atoms with Crippen LogP contribution in [0.25, 0.3) is 0 Å². The van der Waals surface area contributed by atoms with E-state index in [0.717, 1.165) is 17.5 Å². The Morgan fingerprint density at radius 3 is 2.47 bits per heavy atom. The number of carbonyl (C=O) groups excluding carboxylic acids is 1. The zero-order valence-corrected chi connectivity index (χ0v) is 20.0. The van der Waals surface area contributed by atoms with Gasteiger partial charge in [-0.3, -0.25) is 4.79 Å². The van der Waals surface area contributed by atoms with Crippen LogP contribution in [0.1, 0.15) is 46.4 Å². The minimum atomic E-state index is -3.80. The second-order valence-electron chi connectivity index (χ2n) is 8.24. The number of carbonyl (C=O) groups is 1. The molecule has 7 nitrogen and oxygen atoms in total. The first-order valence-corrected chi connectivity index (χ1v) is 12.7. The number of rotatable bonds is 7. The number of aryl methyl sites for hydroxylation is 1. The van der Waals surface area contributed by atoms with E-state index in [9.17, 15) is 13.2 Å². The van der Waals surface area contributed by atoms with Gasteiger partial charge in [0, 0.05) is 18.5 Å². The van der Waals surface area contributed by atoms with E-state index < -0.39 is 10.0 Å². The van der Waals surface area contributed by atoms with Crippen molar-refractivity contribution < 1.29 is 22.7 Å². The smallest absolute Gasteiger partial charge is 0.251 e. The van der Waals surface area contributed by atoms with E-state index in [-0.39, 0.29) is 29.0 Å². The van der Waals surface area contributed by atoms with Crippen molar-refractivity contribution in [3.05, 3.63) is 89.0 Å². The van der Waals surface area contributed by atoms with Crippen LogP contribution in [0.2, 0.25) is 0 Å². The van der Waals surface area contributed by atoms with Gasteiger partial charge in [0.25, 0.3) is 5.91 Å². The van der Waals surface area contributed by atoms with Gasteiger partial charge < -0.3 is 14.8 Å². The van der Waals surface area contributed by atoms with Gasteiger partial charge in [-0.1, -0.05) is 42.5 Å². The molecule has 0 aliphatic carbocycles. The fourth-order valence-corrected chi connectivity index (χ4v) is 4.98. The molecule has 3 aromatic carbocycles. The summed E-state index contributed by atoms with van der Waals surface area (Å²) >= 11 is 0. The Hall–Kier alpha value is -3.36. The maximum Gasteiger partial charge on any atom is 0.251 e. The molecule has 3 aromatic rings. The van der Waals surface area contributed by atoms with Gasteiger partial charge in [-0.05, 0) is 54.8 Å². The Bertz CT molecular complexity index is 1280. The summed E-state index contributed by atoms with van der Waals surface area (Å²) in [5.74, 6) is 0.986. The van der Waals surface area contributed by atoms with E-state index in [1.54, 1.807) is 19.1 Å². The molecule has 0 spiro atoms. The summed E-state index contributed by atoms with van der Waals surface area (Å²) in [6, 6.07) is 19.2. The van der Waals surface area contributed by atoms with Crippen LogP contribution >= 0.6 is 0 Å². The third-order valence-electron chi connectivity index (χ3n) is 5.67. The normalized spacial score (nSPS) is 14.2. The molecule has 0 fully saturated rings. The van der Waals surface area contributed by atoms with Crippen LogP contribution in [0, 0.1) is 6.92 Å². The van der Waals surface area contributed by atoms with Crippen molar-refractivity contribution in [1.29, 1.82) is 0 Å². The molecule has 34 heavy (non-hydrogen) atoms. The summed E-state index contributed by atoms with van der Waals surface area (Å²) in [7, 11) is -3.80. The molecule has 0 bridgehead atoms. The van der Waals surface area contributed by atoms with Gasteiger partial charge in [0.05, 0.1) is 24.2 Å². The molecule has 2 N–H and O–H groups in total. The van der Waals surface area contributed by atoms with Gasteiger partial charge in [0.15, 0.2) is 11.5 Å². The summed E-state index contributed by atoms with van der Waals surface area (Å²) in [4.78, 5) is 13.0. The molecule has 0 aromatic heterocycles. The topological polar surface area (TPSA) is 93.7 Å². The molecule has 0 saturated carbocycles. The summed E-state index contributed by atoms with van der Waals surface area (Å²) in [6.07, 6.45) is 0.815. The lowest BCUT2D eigenvalue weighted by Gasteiger charge is -2.17. The highest BCUT2D eigenvalue weighted by molar-refractivity contribution is 7.89. The van der Waals surface area contributed by atoms with Crippen LogP contribution in [0.5, 0.6) is 11.5 Å². The number of ether oxygens (including phenoxy) is 2. The highest BCUT2D eigenvalue weighted by Gasteiger charge is 2.21. The molecule has 4 rings (SSSR count). The number of benzene rings is 3. The maximum absolute atomic E-state index is 13.0. The van der Waals surface area contributed by atoms with Gasteiger partial charge in [-0.2, -0.15) is 0 Å². The molecule has 1 heterocycles.